The highest BCUT2D eigenvalue weighted by molar-refractivity contribution is 5.95. The first-order valence-electron chi connectivity index (χ1n) is 11.0. The molecular formula is C25H31N5O2. The quantitative estimate of drug-likeness (QED) is 0.621. The second-order valence-electron chi connectivity index (χ2n) is 8.55. The lowest BCUT2D eigenvalue weighted by molar-refractivity contribution is 0.0943. The smallest absolute Gasteiger partial charge is 0.251 e. The van der Waals surface area contributed by atoms with Crippen molar-refractivity contribution in [2.75, 3.05) is 45.2 Å². The van der Waals surface area contributed by atoms with Crippen LogP contribution in [0.2, 0.25) is 0 Å². The van der Waals surface area contributed by atoms with Crippen LogP contribution in [0.15, 0.2) is 48.5 Å². The number of hydrogen-bond donors (Lipinski definition) is 2. The van der Waals surface area contributed by atoms with Crippen LogP contribution in [0.25, 0.3) is 22.5 Å². The van der Waals surface area contributed by atoms with Gasteiger partial charge in [-0.25, -0.2) is 0 Å². The summed E-state index contributed by atoms with van der Waals surface area (Å²) in [5.74, 6) is 0.775. The first-order chi connectivity index (χ1) is 15.4. The van der Waals surface area contributed by atoms with Crippen LogP contribution in [0, 0.1) is 0 Å². The molecule has 2 heterocycles. The van der Waals surface area contributed by atoms with Gasteiger partial charge in [-0.15, -0.1) is 0 Å². The first-order valence-corrected chi connectivity index (χ1v) is 11.0. The molecule has 0 bridgehead atoms. The second kappa shape index (κ2) is 9.44. The Balaban J connectivity index is 1.57. The maximum atomic E-state index is 12.4. The van der Waals surface area contributed by atoms with E-state index >= 15 is 0 Å². The van der Waals surface area contributed by atoms with Gasteiger partial charge in [-0.2, -0.15) is 5.10 Å². The summed E-state index contributed by atoms with van der Waals surface area (Å²) in [6.07, 6.45) is 0. The minimum absolute atomic E-state index is 0.0816. The number of carbonyl (C=O) groups is 1. The van der Waals surface area contributed by atoms with E-state index in [4.69, 9.17) is 4.74 Å². The maximum absolute atomic E-state index is 12.4. The fraction of sp³-hybridized carbons (Fsp3) is 0.360. The summed E-state index contributed by atoms with van der Waals surface area (Å²) in [7, 11) is 3.87. The fourth-order valence-corrected chi connectivity index (χ4v) is 3.94. The van der Waals surface area contributed by atoms with Gasteiger partial charge in [-0.05, 0) is 51.2 Å². The monoisotopic (exact) mass is 433 g/mol. The number of ether oxygens (including phenoxy) is 1. The van der Waals surface area contributed by atoms with Crippen molar-refractivity contribution >= 4 is 11.6 Å². The average Bonchev–Trinajstić information content (AvgIpc) is 3.29. The number of anilines is 1. The van der Waals surface area contributed by atoms with Gasteiger partial charge in [0.25, 0.3) is 5.91 Å². The van der Waals surface area contributed by atoms with Crippen molar-refractivity contribution in [2.24, 2.45) is 0 Å². The van der Waals surface area contributed by atoms with Crippen LogP contribution >= 0.6 is 0 Å². The summed E-state index contributed by atoms with van der Waals surface area (Å²) >= 11 is 0. The van der Waals surface area contributed by atoms with Crippen molar-refractivity contribution < 1.29 is 9.53 Å². The number of H-pyrrole nitrogens is 1. The van der Waals surface area contributed by atoms with Crippen LogP contribution in [-0.4, -0.2) is 67.4 Å². The maximum Gasteiger partial charge on any atom is 0.251 e. The van der Waals surface area contributed by atoms with E-state index in [2.05, 4.69) is 50.6 Å². The lowest BCUT2D eigenvalue weighted by atomic mass is 10.1. The Morgan fingerprint density at radius 2 is 1.84 bits per heavy atom. The molecule has 7 nitrogen and oxygen atoms in total. The van der Waals surface area contributed by atoms with Gasteiger partial charge in [0.1, 0.15) is 5.75 Å². The van der Waals surface area contributed by atoms with Crippen molar-refractivity contribution in [1.82, 2.24) is 20.4 Å². The Hall–Kier alpha value is -3.32. The van der Waals surface area contributed by atoms with Gasteiger partial charge in [0, 0.05) is 48.9 Å². The minimum atomic E-state index is -0.0816. The SMILES string of the molecule is COc1cc(-c2cc(-c3cccc(C(=O)NC(C)C)c3)n[nH]2)ccc1N1CCN(C)CC1. The summed E-state index contributed by atoms with van der Waals surface area (Å²) in [5, 5.41) is 10.5. The molecule has 0 atom stereocenters. The normalized spacial score (nSPS) is 14.6. The van der Waals surface area contributed by atoms with Crippen LogP contribution in [0.5, 0.6) is 5.75 Å². The molecule has 168 valence electrons. The Labute approximate surface area is 189 Å². The third kappa shape index (κ3) is 4.78. The van der Waals surface area contributed by atoms with Crippen molar-refractivity contribution in [3.05, 3.63) is 54.1 Å². The largest absolute Gasteiger partial charge is 0.495 e. The molecule has 7 heteroatoms. The van der Waals surface area contributed by atoms with Crippen LogP contribution in [0.3, 0.4) is 0 Å². The Bertz CT molecular complexity index is 1080. The molecule has 3 aromatic rings. The van der Waals surface area contributed by atoms with Crippen molar-refractivity contribution in [1.29, 1.82) is 0 Å². The number of nitrogens with one attached hydrogen (secondary N) is 2. The van der Waals surface area contributed by atoms with E-state index in [1.54, 1.807) is 7.11 Å². The Morgan fingerprint density at radius 1 is 1.06 bits per heavy atom. The summed E-state index contributed by atoms with van der Waals surface area (Å²) < 4.78 is 5.72. The molecule has 1 aromatic heterocycles. The molecule has 4 rings (SSSR count). The van der Waals surface area contributed by atoms with Gasteiger partial charge < -0.3 is 19.9 Å². The van der Waals surface area contributed by atoms with E-state index in [1.807, 2.05) is 44.2 Å². The number of rotatable bonds is 6. The van der Waals surface area contributed by atoms with Crippen molar-refractivity contribution in [3.63, 3.8) is 0 Å². The molecule has 0 radical (unpaired) electrons. The van der Waals surface area contributed by atoms with Gasteiger partial charge in [-0.3, -0.25) is 9.89 Å². The number of nitrogens with zero attached hydrogens (tertiary/aromatic N) is 3. The number of likely N-dealkylation sites (N-methyl/N-ethyl adjacent to an activating group) is 1. The van der Waals surface area contributed by atoms with Gasteiger partial charge in [0.15, 0.2) is 0 Å². The Morgan fingerprint density at radius 3 is 2.56 bits per heavy atom. The number of aromatic amines is 1. The number of piperazine rings is 1. The molecular weight excluding hydrogens is 402 g/mol. The number of methoxy groups -OCH3 is 1. The summed E-state index contributed by atoms with van der Waals surface area (Å²) in [6, 6.07) is 15.9. The second-order valence-corrected chi connectivity index (χ2v) is 8.55. The highest BCUT2D eigenvalue weighted by Crippen LogP contribution is 2.34. The molecule has 0 saturated carbocycles. The van der Waals surface area contributed by atoms with Crippen LogP contribution < -0.4 is 15.0 Å². The average molecular weight is 434 g/mol. The number of aromatic nitrogens is 2. The molecule has 0 aliphatic carbocycles. The molecule has 0 unspecified atom stereocenters. The van der Waals surface area contributed by atoms with Gasteiger partial charge in [0.2, 0.25) is 0 Å². The van der Waals surface area contributed by atoms with Gasteiger partial charge in [-0.1, -0.05) is 18.2 Å². The van der Waals surface area contributed by atoms with E-state index in [-0.39, 0.29) is 11.9 Å². The topological polar surface area (TPSA) is 73.5 Å². The number of amides is 1. The Kier molecular flexibility index (Phi) is 6.46. The van der Waals surface area contributed by atoms with Crippen LogP contribution in [0.1, 0.15) is 24.2 Å². The molecule has 1 saturated heterocycles. The number of benzene rings is 2. The number of carbonyl (C=O) groups excluding carboxylic acids is 1. The lowest BCUT2D eigenvalue weighted by Crippen LogP contribution is -2.44. The molecule has 2 N–H and O–H groups in total. The van der Waals surface area contributed by atoms with Crippen LogP contribution in [0.4, 0.5) is 5.69 Å². The highest BCUT2D eigenvalue weighted by atomic mass is 16.5. The molecule has 1 fully saturated rings. The summed E-state index contributed by atoms with van der Waals surface area (Å²) in [5.41, 5.74) is 5.34. The number of hydrogen-bond acceptors (Lipinski definition) is 5. The van der Waals surface area contributed by atoms with Crippen molar-refractivity contribution in [3.8, 4) is 28.3 Å². The zero-order chi connectivity index (χ0) is 22.7. The van der Waals surface area contributed by atoms with E-state index in [9.17, 15) is 4.79 Å². The molecule has 1 amide bonds. The summed E-state index contributed by atoms with van der Waals surface area (Å²) in [4.78, 5) is 17.1. The van der Waals surface area contributed by atoms with E-state index in [0.717, 1.165) is 60.1 Å². The predicted octanol–water partition coefficient (Wildman–Crippen LogP) is 3.64. The third-order valence-corrected chi connectivity index (χ3v) is 5.75. The van der Waals surface area contributed by atoms with Crippen molar-refractivity contribution in [2.45, 2.75) is 19.9 Å². The van der Waals surface area contributed by atoms with Gasteiger partial charge >= 0.3 is 0 Å². The predicted molar refractivity (Wildman–Crippen MR) is 128 cm³/mol. The van der Waals surface area contributed by atoms with Crippen LogP contribution in [-0.2, 0) is 0 Å². The molecule has 1 aliphatic rings. The minimum Gasteiger partial charge on any atom is -0.495 e. The fourth-order valence-electron chi connectivity index (χ4n) is 3.94. The zero-order valence-electron chi connectivity index (χ0n) is 19.2. The molecule has 32 heavy (non-hydrogen) atoms. The van der Waals surface area contributed by atoms with Gasteiger partial charge in [0.05, 0.1) is 24.2 Å². The van der Waals surface area contributed by atoms with E-state index < -0.39 is 0 Å². The van der Waals surface area contributed by atoms with E-state index in [1.165, 1.54) is 0 Å². The molecule has 0 spiro atoms. The lowest BCUT2D eigenvalue weighted by Gasteiger charge is -2.34. The molecule has 1 aliphatic heterocycles. The summed E-state index contributed by atoms with van der Waals surface area (Å²) in [6.45, 7) is 7.96. The molecule has 2 aromatic carbocycles. The zero-order valence-corrected chi connectivity index (χ0v) is 19.2. The standard InChI is InChI=1S/C25H31N5O2/c1-17(2)26-25(31)20-7-5-6-18(14-20)21-16-22(28-27-21)19-8-9-23(24(15-19)32-4)30-12-10-29(3)11-13-30/h5-9,14-17H,10-13H2,1-4H3,(H,26,31)(H,27,28). The third-order valence-electron chi connectivity index (χ3n) is 5.75. The highest BCUT2D eigenvalue weighted by Gasteiger charge is 2.19. The first kappa shape index (κ1) is 21.9. The van der Waals surface area contributed by atoms with E-state index in [0.29, 0.717) is 5.56 Å².